The van der Waals surface area contributed by atoms with Gasteiger partial charge in [-0.2, -0.15) is 5.10 Å². The fourth-order valence-electron chi connectivity index (χ4n) is 3.81. The Balaban J connectivity index is 1.56. The third-order valence-corrected chi connectivity index (χ3v) is 5.09. The van der Waals surface area contributed by atoms with Crippen LogP contribution in [0.2, 0.25) is 0 Å². The number of carbonyl (C=O) groups is 1. The minimum Gasteiger partial charge on any atom is -0.375 e. The summed E-state index contributed by atoms with van der Waals surface area (Å²) in [7, 11) is 0. The minimum atomic E-state index is 0.0193. The molecule has 4 heterocycles. The molecule has 0 aliphatic carbocycles. The Morgan fingerprint density at radius 1 is 1.22 bits per heavy atom. The van der Waals surface area contributed by atoms with E-state index >= 15 is 0 Å². The summed E-state index contributed by atoms with van der Waals surface area (Å²) >= 11 is 0. The molecule has 0 aromatic carbocycles. The van der Waals surface area contributed by atoms with Gasteiger partial charge in [0.05, 0.1) is 11.8 Å². The smallest absolute Gasteiger partial charge is 0.259 e. The number of aromatic nitrogens is 3. The van der Waals surface area contributed by atoms with Gasteiger partial charge in [-0.25, -0.2) is 9.50 Å². The molecular formula is C17H22N4O2. The minimum absolute atomic E-state index is 0.0193. The van der Waals surface area contributed by atoms with Gasteiger partial charge in [0.2, 0.25) is 0 Å². The van der Waals surface area contributed by atoms with Crippen molar-refractivity contribution in [1.29, 1.82) is 0 Å². The third kappa shape index (κ3) is 2.61. The van der Waals surface area contributed by atoms with E-state index in [1.165, 1.54) is 0 Å². The van der Waals surface area contributed by atoms with Crippen LogP contribution in [-0.4, -0.2) is 50.7 Å². The third-order valence-electron chi connectivity index (χ3n) is 5.09. The second kappa shape index (κ2) is 5.60. The van der Waals surface area contributed by atoms with E-state index in [2.05, 4.69) is 10.1 Å². The Morgan fingerprint density at radius 3 is 2.91 bits per heavy atom. The molecule has 122 valence electrons. The van der Waals surface area contributed by atoms with Crippen molar-refractivity contribution in [2.45, 2.75) is 44.6 Å². The van der Waals surface area contributed by atoms with Gasteiger partial charge in [0, 0.05) is 32.1 Å². The van der Waals surface area contributed by atoms with Gasteiger partial charge in [0.25, 0.3) is 5.91 Å². The first-order valence-corrected chi connectivity index (χ1v) is 8.40. The maximum atomic E-state index is 12.9. The molecule has 1 spiro atoms. The molecule has 6 heteroatoms. The lowest BCUT2D eigenvalue weighted by atomic mass is 9.92. The summed E-state index contributed by atoms with van der Waals surface area (Å²) in [5.41, 5.74) is 2.27. The molecule has 2 saturated heterocycles. The van der Waals surface area contributed by atoms with Crippen molar-refractivity contribution >= 4 is 11.6 Å². The van der Waals surface area contributed by atoms with Crippen molar-refractivity contribution in [3.63, 3.8) is 0 Å². The molecule has 0 saturated carbocycles. The van der Waals surface area contributed by atoms with Crippen molar-refractivity contribution in [2.24, 2.45) is 0 Å². The largest absolute Gasteiger partial charge is 0.375 e. The molecule has 0 N–H and O–H groups in total. The average molecular weight is 314 g/mol. The Labute approximate surface area is 135 Å². The van der Waals surface area contributed by atoms with E-state index < -0.39 is 0 Å². The van der Waals surface area contributed by atoms with E-state index in [-0.39, 0.29) is 11.5 Å². The number of ether oxygens (including phenoxy) is 1. The molecule has 4 rings (SSSR count). The standard InChI is InChI=1S/C17H22N4O2/c1-13-10-18-15-14(11-19-21(15)12-13)16(22)20-7-2-4-17(6-8-20)5-3-9-23-17/h10-12H,2-9H2,1H3. The van der Waals surface area contributed by atoms with E-state index in [0.29, 0.717) is 11.2 Å². The summed E-state index contributed by atoms with van der Waals surface area (Å²) in [6, 6.07) is 0. The Kier molecular flexibility index (Phi) is 3.56. The molecule has 1 atom stereocenters. The van der Waals surface area contributed by atoms with Crippen LogP contribution in [-0.2, 0) is 4.74 Å². The molecule has 2 aliphatic heterocycles. The van der Waals surface area contributed by atoms with E-state index in [1.807, 2.05) is 18.0 Å². The molecule has 2 aromatic heterocycles. The lowest BCUT2D eigenvalue weighted by Gasteiger charge is -2.26. The number of carbonyl (C=O) groups excluding carboxylic acids is 1. The number of rotatable bonds is 1. The summed E-state index contributed by atoms with van der Waals surface area (Å²) < 4.78 is 7.68. The van der Waals surface area contributed by atoms with Crippen LogP contribution in [0.1, 0.15) is 48.0 Å². The molecule has 2 aromatic rings. The van der Waals surface area contributed by atoms with Crippen molar-refractivity contribution in [2.75, 3.05) is 19.7 Å². The lowest BCUT2D eigenvalue weighted by Crippen LogP contribution is -2.34. The predicted molar refractivity (Wildman–Crippen MR) is 85.4 cm³/mol. The topological polar surface area (TPSA) is 59.7 Å². The zero-order chi connectivity index (χ0) is 15.9. The quantitative estimate of drug-likeness (QED) is 0.810. The summed E-state index contributed by atoms with van der Waals surface area (Å²) in [4.78, 5) is 19.2. The van der Waals surface area contributed by atoms with Crippen LogP contribution in [0.4, 0.5) is 0 Å². The molecule has 0 radical (unpaired) electrons. The van der Waals surface area contributed by atoms with Crippen LogP contribution in [0, 0.1) is 6.92 Å². The van der Waals surface area contributed by atoms with Gasteiger partial charge in [0.15, 0.2) is 5.65 Å². The summed E-state index contributed by atoms with van der Waals surface area (Å²) in [5.74, 6) is 0.0337. The summed E-state index contributed by atoms with van der Waals surface area (Å²) in [6.45, 7) is 4.37. The van der Waals surface area contributed by atoms with Crippen LogP contribution in [0.5, 0.6) is 0 Å². The fraction of sp³-hybridized carbons (Fsp3) is 0.588. The highest BCUT2D eigenvalue weighted by Gasteiger charge is 2.37. The highest BCUT2D eigenvalue weighted by molar-refractivity contribution is 5.99. The highest BCUT2D eigenvalue weighted by atomic mass is 16.5. The predicted octanol–water partition coefficient (Wildman–Crippen LogP) is 2.21. The fourth-order valence-corrected chi connectivity index (χ4v) is 3.81. The first kappa shape index (κ1) is 14.6. The summed E-state index contributed by atoms with van der Waals surface area (Å²) in [5, 5.41) is 4.27. The van der Waals surface area contributed by atoms with Crippen LogP contribution in [0.25, 0.3) is 5.65 Å². The van der Waals surface area contributed by atoms with Crippen LogP contribution in [0.3, 0.4) is 0 Å². The van der Waals surface area contributed by atoms with Crippen molar-refractivity contribution in [3.8, 4) is 0 Å². The van der Waals surface area contributed by atoms with Gasteiger partial charge in [0.1, 0.15) is 5.56 Å². The normalized spacial score (nSPS) is 25.2. The molecule has 0 bridgehead atoms. The molecular weight excluding hydrogens is 292 g/mol. The average Bonchev–Trinajstić information content (AvgIpc) is 3.10. The molecule has 1 amide bonds. The second-order valence-corrected chi connectivity index (χ2v) is 6.74. The van der Waals surface area contributed by atoms with Crippen molar-refractivity contribution in [3.05, 3.63) is 29.7 Å². The van der Waals surface area contributed by atoms with Crippen LogP contribution >= 0.6 is 0 Å². The van der Waals surface area contributed by atoms with E-state index in [1.54, 1.807) is 16.9 Å². The van der Waals surface area contributed by atoms with Crippen LogP contribution < -0.4 is 0 Å². The Morgan fingerprint density at radius 2 is 2.09 bits per heavy atom. The van der Waals surface area contributed by atoms with E-state index in [0.717, 1.165) is 57.4 Å². The first-order valence-electron chi connectivity index (χ1n) is 8.40. The van der Waals surface area contributed by atoms with Crippen molar-refractivity contribution < 1.29 is 9.53 Å². The van der Waals surface area contributed by atoms with Gasteiger partial charge >= 0.3 is 0 Å². The van der Waals surface area contributed by atoms with Gasteiger partial charge in [-0.1, -0.05) is 0 Å². The Hall–Kier alpha value is -1.95. The Bertz CT molecular complexity index is 733. The number of nitrogens with zero attached hydrogens (tertiary/aromatic N) is 4. The molecule has 2 fully saturated rings. The monoisotopic (exact) mass is 314 g/mol. The maximum absolute atomic E-state index is 12.9. The molecule has 6 nitrogen and oxygen atoms in total. The molecule has 2 aliphatic rings. The maximum Gasteiger partial charge on any atom is 0.259 e. The van der Waals surface area contributed by atoms with Gasteiger partial charge < -0.3 is 9.64 Å². The summed E-state index contributed by atoms with van der Waals surface area (Å²) in [6.07, 6.45) is 10.6. The van der Waals surface area contributed by atoms with Gasteiger partial charge in [-0.05, 0) is 44.6 Å². The lowest BCUT2D eigenvalue weighted by molar-refractivity contribution is -0.00691. The zero-order valence-electron chi connectivity index (χ0n) is 13.5. The van der Waals surface area contributed by atoms with Gasteiger partial charge in [-0.15, -0.1) is 0 Å². The highest BCUT2D eigenvalue weighted by Crippen LogP contribution is 2.35. The SMILES string of the molecule is Cc1cnc2c(C(=O)N3CCCC4(CCCO4)CC3)cnn2c1. The molecule has 1 unspecified atom stereocenters. The van der Waals surface area contributed by atoms with Crippen LogP contribution in [0.15, 0.2) is 18.6 Å². The number of aryl methyl sites for hydroxylation is 1. The van der Waals surface area contributed by atoms with Crippen molar-refractivity contribution in [1.82, 2.24) is 19.5 Å². The van der Waals surface area contributed by atoms with E-state index in [9.17, 15) is 4.79 Å². The number of hydrogen-bond donors (Lipinski definition) is 0. The number of fused-ring (bicyclic) bond motifs is 1. The molecule has 23 heavy (non-hydrogen) atoms. The number of likely N-dealkylation sites (tertiary alicyclic amines) is 1. The van der Waals surface area contributed by atoms with Gasteiger partial charge in [-0.3, -0.25) is 4.79 Å². The zero-order valence-corrected chi connectivity index (χ0v) is 13.5. The first-order chi connectivity index (χ1) is 11.2. The van der Waals surface area contributed by atoms with E-state index in [4.69, 9.17) is 4.74 Å². The second-order valence-electron chi connectivity index (χ2n) is 6.74. The number of amides is 1. The number of hydrogen-bond acceptors (Lipinski definition) is 4.